The van der Waals surface area contributed by atoms with Gasteiger partial charge in [0.05, 0.1) is 6.26 Å². The number of guanidine groups is 1. The smallest absolute Gasteiger partial charge is 0.188 e. The van der Waals surface area contributed by atoms with Crippen LogP contribution < -0.4 is 11.1 Å². The summed E-state index contributed by atoms with van der Waals surface area (Å²) in [5.74, 6) is 1.51. The Morgan fingerprint density at radius 3 is 2.79 bits per heavy atom. The second-order valence-electron chi connectivity index (χ2n) is 4.79. The molecule has 0 aromatic carbocycles. The van der Waals surface area contributed by atoms with Gasteiger partial charge in [-0.05, 0) is 18.6 Å². The van der Waals surface area contributed by atoms with Gasteiger partial charge in [-0.3, -0.25) is 4.99 Å². The molecule has 0 aliphatic heterocycles. The predicted molar refractivity (Wildman–Crippen MR) is 80.3 cm³/mol. The molecule has 1 rings (SSSR count). The molecule has 1 aromatic rings. The molecule has 108 valence electrons. The lowest BCUT2D eigenvalue weighted by Gasteiger charge is -2.04. The summed E-state index contributed by atoms with van der Waals surface area (Å²) in [6, 6.07) is 3.86. The van der Waals surface area contributed by atoms with E-state index >= 15 is 0 Å². The first kappa shape index (κ1) is 15.6. The third-order valence-corrected chi connectivity index (χ3v) is 3.05. The van der Waals surface area contributed by atoms with Crippen LogP contribution in [0.2, 0.25) is 0 Å². The summed E-state index contributed by atoms with van der Waals surface area (Å²) >= 11 is 0. The lowest BCUT2D eigenvalue weighted by atomic mass is 10.1. The molecule has 0 unspecified atom stereocenters. The van der Waals surface area contributed by atoms with E-state index in [9.17, 15) is 0 Å². The maximum Gasteiger partial charge on any atom is 0.188 e. The molecule has 19 heavy (non-hydrogen) atoms. The molecule has 0 bridgehead atoms. The highest BCUT2D eigenvalue weighted by molar-refractivity contribution is 5.77. The first-order valence-electron chi connectivity index (χ1n) is 7.39. The fraction of sp³-hybridized carbons (Fsp3) is 0.667. The van der Waals surface area contributed by atoms with E-state index in [1.165, 1.54) is 32.1 Å². The van der Waals surface area contributed by atoms with Crippen molar-refractivity contribution < 1.29 is 4.42 Å². The van der Waals surface area contributed by atoms with Crippen molar-refractivity contribution in [2.45, 2.75) is 51.9 Å². The Morgan fingerprint density at radius 1 is 1.26 bits per heavy atom. The lowest BCUT2D eigenvalue weighted by Crippen LogP contribution is -2.33. The van der Waals surface area contributed by atoms with Crippen molar-refractivity contribution in [2.75, 3.05) is 13.1 Å². The molecule has 1 aromatic heterocycles. The fourth-order valence-corrected chi connectivity index (χ4v) is 1.92. The zero-order valence-electron chi connectivity index (χ0n) is 12.0. The quantitative estimate of drug-likeness (QED) is 0.388. The van der Waals surface area contributed by atoms with E-state index in [1.807, 2.05) is 12.1 Å². The van der Waals surface area contributed by atoms with Gasteiger partial charge in [-0.15, -0.1) is 0 Å². The summed E-state index contributed by atoms with van der Waals surface area (Å²) in [4.78, 5) is 4.31. The van der Waals surface area contributed by atoms with Crippen molar-refractivity contribution in [2.24, 2.45) is 10.7 Å². The monoisotopic (exact) mass is 265 g/mol. The normalized spacial score (nSPS) is 11.7. The van der Waals surface area contributed by atoms with Crippen LogP contribution in [0, 0.1) is 0 Å². The Hall–Kier alpha value is -1.45. The van der Waals surface area contributed by atoms with E-state index in [1.54, 1.807) is 6.26 Å². The number of nitrogens with two attached hydrogens (primary N) is 1. The van der Waals surface area contributed by atoms with Gasteiger partial charge in [0, 0.05) is 19.5 Å². The van der Waals surface area contributed by atoms with E-state index in [0.29, 0.717) is 5.96 Å². The third-order valence-electron chi connectivity index (χ3n) is 3.05. The van der Waals surface area contributed by atoms with Crippen molar-refractivity contribution in [1.29, 1.82) is 0 Å². The molecule has 4 heteroatoms. The van der Waals surface area contributed by atoms with Gasteiger partial charge >= 0.3 is 0 Å². The first-order valence-corrected chi connectivity index (χ1v) is 7.39. The number of nitrogens with zero attached hydrogens (tertiary/aromatic N) is 1. The Labute approximate surface area is 116 Å². The standard InChI is InChI=1S/C15H27N3O/c1-2-3-4-5-6-7-11-17-15(16)18-12-10-14-9-8-13-19-14/h8-9,13H,2-7,10-12H2,1H3,(H3,16,17,18). The van der Waals surface area contributed by atoms with Crippen molar-refractivity contribution in [3.63, 3.8) is 0 Å². The zero-order valence-corrected chi connectivity index (χ0v) is 12.0. The van der Waals surface area contributed by atoms with E-state index < -0.39 is 0 Å². The number of hydrogen-bond acceptors (Lipinski definition) is 2. The minimum atomic E-state index is 0.542. The fourth-order valence-electron chi connectivity index (χ4n) is 1.92. The number of nitrogens with one attached hydrogen (secondary N) is 1. The maximum absolute atomic E-state index is 5.78. The second kappa shape index (κ2) is 10.5. The molecule has 1 heterocycles. The largest absolute Gasteiger partial charge is 0.469 e. The molecule has 4 nitrogen and oxygen atoms in total. The summed E-state index contributed by atoms with van der Waals surface area (Å²) < 4.78 is 5.24. The van der Waals surface area contributed by atoms with Crippen LogP contribution >= 0.6 is 0 Å². The number of furan rings is 1. The lowest BCUT2D eigenvalue weighted by molar-refractivity contribution is 0.507. The van der Waals surface area contributed by atoms with Crippen molar-refractivity contribution in [3.05, 3.63) is 24.2 Å². The Bertz CT molecular complexity index is 333. The molecule has 0 atom stereocenters. The van der Waals surface area contributed by atoms with Gasteiger partial charge in [0.1, 0.15) is 5.76 Å². The van der Waals surface area contributed by atoms with Crippen molar-refractivity contribution >= 4 is 5.96 Å². The van der Waals surface area contributed by atoms with Crippen LogP contribution in [-0.2, 0) is 6.42 Å². The van der Waals surface area contributed by atoms with E-state index in [0.717, 1.165) is 31.7 Å². The Balaban J connectivity index is 1.96. The van der Waals surface area contributed by atoms with Crippen LogP contribution in [0.3, 0.4) is 0 Å². The van der Waals surface area contributed by atoms with Gasteiger partial charge in [0.2, 0.25) is 0 Å². The Morgan fingerprint density at radius 2 is 2.05 bits per heavy atom. The zero-order chi connectivity index (χ0) is 13.8. The summed E-state index contributed by atoms with van der Waals surface area (Å²) in [5.41, 5.74) is 5.78. The van der Waals surface area contributed by atoms with E-state index in [-0.39, 0.29) is 0 Å². The van der Waals surface area contributed by atoms with E-state index in [2.05, 4.69) is 17.2 Å². The molecule has 0 aliphatic rings. The molecular weight excluding hydrogens is 238 g/mol. The van der Waals surface area contributed by atoms with Crippen molar-refractivity contribution in [3.8, 4) is 0 Å². The van der Waals surface area contributed by atoms with Crippen LogP contribution in [0.4, 0.5) is 0 Å². The van der Waals surface area contributed by atoms with Crippen LogP contribution in [0.1, 0.15) is 51.2 Å². The number of rotatable bonds is 10. The minimum Gasteiger partial charge on any atom is -0.469 e. The highest BCUT2D eigenvalue weighted by atomic mass is 16.3. The predicted octanol–water partition coefficient (Wildman–Crippen LogP) is 3.09. The van der Waals surface area contributed by atoms with Crippen LogP contribution in [0.5, 0.6) is 0 Å². The number of aliphatic imine (C=N–C) groups is 1. The highest BCUT2D eigenvalue weighted by Gasteiger charge is 1.96. The van der Waals surface area contributed by atoms with Crippen LogP contribution in [0.15, 0.2) is 27.8 Å². The van der Waals surface area contributed by atoms with Gasteiger partial charge in [0.25, 0.3) is 0 Å². The van der Waals surface area contributed by atoms with Gasteiger partial charge in [-0.2, -0.15) is 0 Å². The van der Waals surface area contributed by atoms with Gasteiger partial charge in [-0.25, -0.2) is 0 Å². The number of hydrogen-bond donors (Lipinski definition) is 2. The molecule has 0 saturated heterocycles. The SMILES string of the molecule is CCCCCCCCN=C(N)NCCc1ccco1. The van der Waals surface area contributed by atoms with Gasteiger partial charge in [0.15, 0.2) is 5.96 Å². The highest BCUT2D eigenvalue weighted by Crippen LogP contribution is 2.04. The number of unbranched alkanes of at least 4 members (excludes halogenated alkanes) is 5. The molecule has 0 spiro atoms. The average molecular weight is 265 g/mol. The molecule has 0 fully saturated rings. The van der Waals surface area contributed by atoms with Crippen LogP contribution in [0.25, 0.3) is 0 Å². The molecular formula is C15H27N3O. The summed E-state index contributed by atoms with van der Waals surface area (Å²) in [6.45, 7) is 3.82. The topological polar surface area (TPSA) is 63.5 Å². The molecule has 0 aliphatic carbocycles. The maximum atomic E-state index is 5.78. The van der Waals surface area contributed by atoms with Crippen LogP contribution in [-0.4, -0.2) is 19.0 Å². The molecule has 0 amide bonds. The third kappa shape index (κ3) is 8.30. The first-order chi connectivity index (χ1) is 9.33. The second-order valence-corrected chi connectivity index (χ2v) is 4.79. The molecule has 0 saturated carbocycles. The molecule has 0 radical (unpaired) electrons. The van der Waals surface area contributed by atoms with Crippen molar-refractivity contribution in [1.82, 2.24) is 5.32 Å². The summed E-state index contributed by atoms with van der Waals surface area (Å²) in [7, 11) is 0. The summed E-state index contributed by atoms with van der Waals surface area (Å²) in [5, 5.41) is 3.10. The minimum absolute atomic E-state index is 0.542. The van der Waals surface area contributed by atoms with E-state index in [4.69, 9.17) is 10.2 Å². The Kier molecular flexibility index (Phi) is 8.60. The molecule has 3 N–H and O–H groups in total. The summed E-state index contributed by atoms with van der Waals surface area (Å²) in [6.07, 6.45) is 10.2. The van der Waals surface area contributed by atoms with Gasteiger partial charge in [-0.1, -0.05) is 39.0 Å². The van der Waals surface area contributed by atoms with Gasteiger partial charge < -0.3 is 15.5 Å². The average Bonchev–Trinajstić information content (AvgIpc) is 2.91.